The van der Waals surface area contributed by atoms with E-state index in [1.807, 2.05) is 12.4 Å². The average molecular weight is 285 g/mol. The number of hydrogen-bond donors (Lipinski definition) is 0. The van der Waals surface area contributed by atoms with Gasteiger partial charge in [-0.2, -0.15) is 0 Å². The lowest BCUT2D eigenvalue weighted by molar-refractivity contribution is 0.248. The highest BCUT2D eigenvalue weighted by atomic mass is 15.1. The molecule has 0 aromatic carbocycles. The van der Waals surface area contributed by atoms with Crippen LogP contribution in [0.3, 0.4) is 0 Å². The van der Waals surface area contributed by atoms with Gasteiger partial charge in [-0.15, -0.1) is 0 Å². The minimum atomic E-state index is 0.365. The predicted molar refractivity (Wildman–Crippen MR) is 82.7 cm³/mol. The monoisotopic (exact) mass is 285 g/mol. The van der Waals surface area contributed by atoms with Gasteiger partial charge < -0.3 is 4.90 Å². The van der Waals surface area contributed by atoms with Crippen LogP contribution in [-0.2, 0) is 0 Å². The highest BCUT2D eigenvalue weighted by molar-refractivity contribution is 5.33. The zero-order valence-corrected chi connectivity index (χ0v) is 13.0. The van der Waals surface area contributed by atoms with Gasteiger partial charge in [0.25, 0.3) is 0 Å². The van der Waals surface area contributed by atoms with Crippen LogP contribution in [0.1, 0.15) is 50.0 Å². The molecule has 0 saturated carbocycles. The number of aromatic nitrogens is 4. The number of hydrogen-bond acceptors (Lipinski definition) is 4. The maximum Gasteiger partial charge on any atom is 0.160 e. The second kappa shape index (κ2) is 5.93. The van der Waals surface area contributed by atoms with Crippen molar-refractivity contribution in [2.24, 2.45) is 0 Å². The highest BCUT2D eigenvalue weighted by Gasteiger charge is 2.24. The van der Waals surface area contributed by atoms with Crippen LogP contribution in [-0.4, -0.2) is 44.6 Å². The molecule has 1 saturated heterocycles. The summed E-state index contributed by atoms with van der Waals surface area (Å²) in [6, 6.07) is 0. The molecule has 3 rings (SSSR count). The van der Waals surface area contributed by atoms with Crippen LogP contribution in [0.25, 0.3) is 5.82 Å². The number of nitrogens with zero attached hydrogens (tertiary/aromatic N) is 5. The molecule has 0 aliphatic carbocycles. The third kappa shape index (κ3) is 2.83. The number of likely N-dealkylation sites (tertiary alicyclic amines) is 1. The standard InChI is InChI=1S/C16H23N5/c1-12(2)15-19-8-10-21(15)16-14(17-6-7-18-16)13-5-4-9-20(3)11-13/h6-8,10,12-13H,4-5,9,11H2,1-3H3/t13-/m1/s1. The molecule has 5 nitrogen and oxygen atoms in total. The molecule has 3 heterocycles. The van der Waals surface area contributed by atoms with Crippen molar-refractivity contribution in [3.8, 4) is 5.82 Å². The van der Waals surface area contributed by atoms with Gasteiger partial charge in [-0.3, -0.25) is 9.55 Å². The van der Waals surface area contributed by atoms with Crippen molar-refractivity contribution in [2.45, 2.75) is 38.5 Å². The minimum Gasteiger partial charge on any atom is -0.306 e. The summed E-state index contributed by atoms with van der Waals surface area (Å²) in [6.45, 7) is 6.54. The van der Waals surface area contributed by atoms with E-state index >= 15 is 0 Å². The second-order valence-electron chi connectivity index (χ2n) is 6.18. The molecule has 0 spiro atoms. The van der Waals surface area contributed by atoms with E-state index in [9.17, 15) is 0 Å². The summed E-state index contributed by atoms with van der Waals surface area (Å²) < 4.78 is 2.10. The summed E-state index contributed by atoms with van der Waals surface area (Å²) in [6.07, 6.45) is 9.82. The molecule has 5 heteroatoms. The molecule has 21 heavy (non-hydrogen) atoms. The van der Waals surface area contributed by atoms with Crippen LogP contribution in [0.15, 0.2) is 24.8 Å². The van der Waals surface area contributed by atoms with E-state index in [0.29, 0.717) is 11.8 Å². The SMILES string of the molecule is CC(C)c1nccn1-c1nccnc1[C@@H]1CCCN(C)C1. The van der Waals surface area contributed by atoms with Crippen molar-refractivity contribution in [3.63, 3.8) is 0 Å². The Morgan fingerprint density at radius 3 is 2.71 bits per heavy atom. The fourth-order valence-corrected chi connectivity index (χ4v) is 3.13. The van der Waals surface area contributed by atoms with E-state index in [1.165, 1.54) is 19.4 Å². The number of rotatable bonds is 3. The Hall–Kier alpha value is -1.75. The van der Waals surface area contributed by atoms with Gasteiger partial charge in [-0.1, -0.05) is 13.8 Å². The lowest BCUT2D eigenvalue weighted by Crippen LogP contribution is -2.32. The van der Waals surface area contributed by atoms with Crippen LogP contribution >= 0.6 is 0 Å². The molecule has 2 aromatic rings. The van der Waals surface area contributed by atoms with E-state index in [0.717, 1.165) is 23.9 Å². The lowest BCUT2D eigenvalue weighted by Gasteiger charge is -2.30. The predicted octanol–water partition coefficient (Wildman–Crippen LogP) is 2.59. The quantitative estimate of drug-likeness (QED) is 0.869. The molecule has 1 atom stereocenters. The number of piperidine rings is 1. The Morgan fingerprint density at radius 2 is 1.95 bits per heavy atom. The minimum absolute atomic E-state index is 0.365. The van der Waals surface area contributed by atoms with E-state index in [-0.39, 0.29) is 0 Å². The zero-order chi connectivity index (χ0) is 14.8. The second-order valence-corrected chi connectivity index (χ2v) is 6.18. The third-order valence-corrected chi connectivity index (χ3v) is 4.13. The molecule has 0 radical (unpaired) electrons. The summed E-state index contributed by atoms with van der Waals surface area (Å²) >= 11 is 0. The molecule has 1 aliphatic rings. The first-order valence-electron chi connectivity index (χ1n) is 7.70. The fourth-order valence-electron chi connectivity index (χ4n) is 3.13. The molecule has 0 bridgehead atoms. The van der Waals surface area contributed by atoms with E-state index in [1.54, 1.807) is 12.4 Å². The fraction of sp³-hybridized carbons (Fsp3) is 0.562. The first kappa shape index (κ1) is 14.2. The van der Waals surface area contributed by atoms with Crippen LogP contribution in [0.5, 0.6) is 0 Å². The highest BCUT2D eigenvalue weighted by Crippen LogP contribution is 2.29. The van der Waals surface area contributed by atoms with Gasteiger partial charge in [0.2, 0.25) is 0 Å². The summed E-state index contributed by atoms with van der Waals surface area (Å²) in [7, 11) is 2.18. The molecule has 0 N–H and O–H groups in total. The van der Waals surface area contributed by atoms with Crippen molar-refractivity contribution in [1.29, 1.82) is 0 Å². The molecular weight excluding hydrogens is 262 g/mol. The smallest absolute Gasteiger partial charge is 0.160 e. The van der Waals surface area contributed by atoms with Crippen molar-refractivity contribution < 1.29 is 0 Å². The summed E-state index contributed by atoms with van der Waals surface area (Å²) in [5.41, 5.74) is 1.10. The van der Waals surface area contributed by atoms with Crippen molar-refractivity contribution in [3.05, 3.63) is 36.3 Å². The first-order chi connectivity index (χ1) is 10.2. The van der Waals surface area contributed by atoms with E-state index in [2.05, 4.69) is 45.3 Å². The van der Waals surface area contributed by atoms with Crippen molar-refractivity contribution in [1.82, 2.24) is 24.4 Å². The Kier molecular flexibility index (Phi) is 4.01. The Bertz CT molecular complexity index is 604. The summed E-state index contributed by atoms with van der Waals surface area (Å²) in [5, 5.41) is 0. The van der Waals surface area contributed by atoms with Crippen LogP contribution in [0.4, 0.5) is 0 Å². The van der Waals surface area contributed by atoms with Gasteiger partial charge in [-0.25, -0.2) is 9.97 Å². The largest absolute Gasteiger partial charge is 0.306 e. The molecule has 2 aromatic heterocycles. The Morgan fingerprint density at radius 1 is 1.14 bits per heavy atom. The maximum absolute atomic E-state index is 4.66. The zero-order valence-electron chi connectivity index (χ0n) is 13.0. The number of likely N-dealkylation sites (N-methyl/N-ethyl adjacent to an activating group) is 1. The van der Waals surface area contributed by atoms with E-state index in [4.69, 9.17) is 0 Å². The maximum atomic E-state index is 4.66. The van der Waals surface area contributed by atoms with Gasteiger partial charge in [0.05, 0.1) is 5.69 Å². The molecule has 112 valence electrons. The van der Waals surface area contributed by atoms with Crippen LogP contribution in [0, 0.1) is 0 Å². The Balaban J connectivity index is 2.01. The summed E-state index contributed by atoms with van der Waals surface area (Å²) in [5.74, 6) is 2.80. The van der Waals surface area contributed by atoms with Gasteiger partial charge in [-0.05, 0) is 26.4 Å². The van der Waals surface area contributed by atoms with Gasteiger partial charge in [0, 0.05) is 43.2 Å². The average Bonchev–Trinajstić information content (AvgIpc) is 2.97. The summed E-state index contributed by atoms with van der Waals surface area (Å²) in [4.78, 5) is 16.1. The molecular formula is C16H23N5. The van der Waals surface area contributed by atoms with Gasteiger partial charge in [0.15, 0.2) is 5.82 Å². The number of imidazole rings is 1. The van der Waals surface area contributed by atoms with E-state index < -0.39 is 0 Å². The lowest BCUT2D eigenvalue weighted by atomic mass is 9.94. The topological polar surface area (TPSA) is 46.8 Å². The molecule has 1 fully saturated rings. The van der Waals surface area contributed by atoms with Crippen LogP contribution < -0.4 is 0 Å². The van der Waals surface area contributed by atoms with Crippen molar-refractivity contribution in [2.75, 3.05) is 20.1 Å². The molecule has 0 unspecified atom stereocenters. The normalized spacial score (nSPS) is 20.1. The molecule has 0 amide bonds. The third-order valence-electron chi connectivity index (χ3n) is 4.13. The van der Waals surface area contributed by atoms with Gasteiger partial charge in [0.1, 0.15) is 5.82 Å². The van der Waals surface area contributed by atoms with Gasteiger partial charge >= 0.3 is 0 Å². The molecule has 1 aliphatic heterocycles. The Labute approximate surface area is 126 Å². The van der Waals surface area contributed by atoms with Crippen LogP contribution in [0.2, 0.25) is 0 Å². The first-order valence-corrected chi connectivity index (χ1v) is 7.70. The van der Waals surface area contributed by atoms with Crippen molar-refractivity contribution >= 4 is 0 Å².